The summed E-state index contributed by atoms with van der Waals surface area (Å²) in [4.78, 5) is 0. The van der Waals surface area contributed by atoms with Crippen molar-refractivity contribution in [2.24, 2.45) is 0 Å². The second-order valence-electron chi connectivity index (χ2n) is 2.04. The molecule has 58 valence electrons. The van der Waals surface area contributed by atoms with E-state index in [9.17, 15) is 5.11 Å². The van der Waals surface area contributed by atoms with Crippen molar-refractivity contribution >= 4 is 0 Å². The second kappa shape index (κ2) is 4.91. The van der Waals surface area contributed by atoms with Crippen LogP contribution in [-0.2, 0) is 0 Å². The van der Waals surface area contributed by atoms with Crippen molar-refractivity contribution < 1.29 is 5.11 Å². The van der Waals surface area contributed by atoms with Gasteiger partial charge in [0.05, 0.1) is 0 Å². The number of allylic oxidation sites excluding steroid dienone is 3. The van der Waals surface area contributed by atoms with Crippen molar-refractivity contribution in [2.45, 2.75) is 20.8 Å². The molecule has 0 fully saturated rings. The van der Waals surface area contributed by atoms with Crippen molar-refractivity contribution in [3.8, 4) is 0 Å². The van der Waals surface area contributed by atoms with Gasteiger partial charge in [-0.15, -0.1) is 0 Å². The van der Waals surface area contributed by atoms with E-state index < -0.39 is 0 Å². The van der Waals surface area contributed by atoms with E-state index in [1.54, 1.807) is 12.2 Å². The van der Waals surface area contributed by atoms with Gasteiger partial charge < -0.3 is 10.4 Å². The van der Waals surface area contributed by atoms with Crippen LogP contribution in [0.5, 0.6) is 0 Å². The standard InChI is InChI=1S/C8H15NO/c1-4-6-8(10)7(3)9-5-2/h4,6,9-10H,5H2,1-3H3/b6-4-,8-7-. The highest BCUT2D eigenvalue weighted by Gasteiger charge is 1.91. The van der Waals surface area contributed by atoms with Gasteiger partial charge in [-0.3, -0.25) is 0 Å². The number of rotatable bonds is 3. The van der Waals surface area contributed by atoms with Crippen LogP contribution in [0.25, 0.3) is 0 Å². The summed E-state index contributed by atoms with van der Waals surface area (Å²) in [6.45, 7) is 6.55. The Morgan fingerprint density at radius 3 is 2.60 bits per heavy atom. The monoisotopic (exact) mass is 141 g/mol. The summed E-state index contributed by atoms with van der Waals surface area (Å²) in [5.41, 5.74) is 0.820. The van der Waals surface area contributed by atoms with Crippen LogP contribution in [0.4, 0.5) is 0 Å². The molecular weight excluding hydrogens is 126 g/mol. The first-order valence-electron chi connectivity index (χ1n) is 3.48. The first kappa shape index (κ1) is 9.08. The zero-order valence-corrected chi connectivity index (χ0v) is 6.81. The van der Waals surface area contributed by atoms with Gasteiger partial charge in [0.2, 0.25) is 0 Å². The molecular formula is C8H15NO. The molecule has 0 spiro atoms. The third-order valence-electron chi connectivity index (χ3n) is 1.15. The molecule has 0 heterocycles. The molecule has 0 bridgehead atoms. The average molecular weight is 141 g/mol. The van der Waals surface area contributed by atoms with Crippen LogP contribution < -0.4 is 5.32 Å². The zero-order chi connectivity index (χ0) is 7.98. The summed E-state index contributed by atoms with van der Waals surface area (Å²) in [6.07, 6.45) is 3.47. The number of aliphatic hydroxyl groups excluding tert-OH is 1. The Morgan fingerprint density at radius 1 is 1.60 bits per heavy atom. The lowest BCUT2D eigenvalue weighted by Gasteiger charge is -2.02. The molecule has 0 radical (unpaired) electrons. The number of aliphatic hydroxyl groups is 1. The molecule has 0 saturated heterocycles. The molecule has 2 heteroatoms. The first-order valence-corrected chi connectivity index (χ1v) is 3.48. The molecule has 0 aromatic rings. The SMILES string of the molecule is C/C=C\C(O)=C(/C)NCC. The van der Waals surface area contributed by atoms with Gasteiger partial charge in [0.15, 0.2) is 0 Å². The fraction of sp³-hybridized carbons (Fsp3) is 0.500. The molecule has 0 amide bonds. The molecule has 0 atom stereocenters. The lowest BCUT2D eigenvalue weighted by atomic mass is 10.3. The Labute approximate surface area is 62.3 Å². The van der Waals surface area contributed by atoms with Crippen LogP contribution in [0.3, 0.4) is 0 Å². The summed E-state index contributed by atoms with van der Waals surface area (Å²) in [5.74, 6) is 0.310. The van der Waals surface area contributed by atoms with Crippen LogP contribution in [0, 0.1) is 0 Å². The minimum Gasteiger partial charge on any atom is -0.506 e. The Morgan fingerprint density at radius 2 is 2.20 bits per heavy atom. The maximum absolute atomic E-state index is 9.18. The van der Waals surface area contributed by atoms with Crippen LogP contribution in [0.15, 0.2) is 23.6 Å². The molecule has 0 unspecified atom stereocenters. The van der Waals surface area contributed by atoms with Crippen LogP contribution >= 0.6 is 0 Å². The highest BCUT2D eigenvalue weighted by Crippen LogP contribution is 1.97. The van der Waals surface area contributed by atoms with Crippen molar-refractivity contribution in [2.75, 3.05) is 6.54 Å². The molecule has 2 N–H and O–H groups in total. The van der Waals surface area contributed by atoms with Crippen LogP contribution in [0.2, 0.25) is 0 Å². The van der Waals surface area contributed by atoms with Gasteiger partial charge in [0.25, 0.3) is 0 Å². The molecule has 0 aliphatic rings. The fourth-order valence-corrected chi connectivity index (χ4v) is 0.639. The Bertz CT molecular complexity index is 147. The van der Waals surface area contributed by atoms with Crippen LogP contribution in [0.1, 0.15) is 20.8 Å². The largest absolute Gasteiger partial charge is 0.506 e. The smallest absolute Gasteiger partial charge is 0.133 e. The number of hydrogen-bond donors (Lipinski definition) is 2. The molecule has 2 nitrogen and oxygen atoms in total. The lowest BCUT2D eigenvalue weighted by molar-refractivity contribution is 0.419. The minimum atomic E-state index is 0.310. The first-order chi connectivity index (χ1) is 4.72. The highest BCUT2D eigenvalue weighted by molar-refractivity contribution is 5.15. The Hall–Kier alpha value is -0.920. The van der Waals surface area contributed by atoms with Gasteiger partial charge in [-0.05, 0) is 26.8 Å². The van der Waals surface area contributed by atoms with Gasteiger partial charge in [-0.2, -0.15) is 0 Å². The van der Waals surface area contributed by atoms with Gasteiger partial charge in [0.1, 0.15) is 5.76 Å². The lowest BCUT2D eigenvalue weighted by Crippen LogP contribution is -2.11. The third kappa shape index (κ3) is 3.17. The summed E-state index contributed by atoms with van der Waals surface area (Å²) in [5, 5.41) is 12.2. The van der Waals surface area contributed by atoms with Crippen molar-refractivity contribution in [3.05, 3.63) is 23.6 Å². The molecule has 0 rings (SSSR count). The molecule has 10 heavy (non-hydrogen) atoms. The summed E-state index contributed by atoms with van der Waals surface area (Å²) >= 11 is 0. The maximum atomic E-state index is 9.18. The van der Waals surface area contributed by atoms with E-state index >= 15 is 0 Å². The zero-order valence-electron chi connectivity index (χ0n) is 6.81. The van der Waals surface area contributed by atoms with E-state index in [-0.39, 0.29) is 0 Å². The predicted molar refractivity (Wildman–Crippen MR) is 43.8 cm³/mol. The van der Waals surface area contributed by atoms with E-state index in [0.29, 0.717) is 5.76 Å². The molecule has 0 aliphatic carbocycles. The second-order valence-corrected chi connectivity index (χ2v) is 2.04. The Balaban J connectivity index is 4.04. The number of nitrogens with one attached hydrogen (secondary N) is 1. The van der Waals surface area contributed by atoms with Crippen molar-refractivity contribution in [1.29, 1.82) is 0 Å². The summed E-state index contributed by atoms with van der Waals surface area (Å²) < 4.78 is 0. The third-order valence-corrected chi connectivity index (χ3v) is 1.15. The van der Waals surface area contributed by atoms with E-state index in [1.165, 1.54) is 0 Å². The van der Waals surface area contributed by atoms with Gasteiger partial charge in [0, 0.05) is 12.2 Å². The topological polar surface area (TPSA) is 32.3 Å². The van der Waals surface area contributed by atoms with E-state index in [4.69, 9.17) is 0 Å². The minimum absolute atomic E-state index is 0.310. The maximum Gasteiger partial charge on any atom is 0.133 e. The van der Waals surface area contributed by atoms with E-state index in [2.05, 4.69) is 5.32 Å². The molecule has 0 aliphatic heterocycles. The van der Waals surface area contributed by atoms with Crippen molar-refractivity contribution in [1.82, 2.24) is 5.32 Å². The van der Waals surface area contributed by atoms with Gasteiger partial charge >= 0.3 is 0 Å². The van der Waals surface area contributed by atoms with Crippen LogP contribution in [-0.4, -0.2) is 11.7 Å². The van der Waals surface area contributed by atoms with Crippen molar-refractivity contribution in [3.63, 3.8) is 0 Å². The fourth-order valence-electron chi connectivity index (χ4n) is 0.639. The van der Waals surface area contributed by atoms with E-state index in [1.807, 2.05) is 20.8 Å². The average Bonchev–Trinajstić information content (AvgIpc) is 1.89. The van der Waals surface area contributed by atoms with Gasteiger partial charge in [-0.25, -0.2) is 0 Å². The predicted octanol–water partition coefficient (Wildman–Crippen LogP) is 1.96. The normalized spacial score (nSPS) is 13.5. The molecule has 0 aromatic heterocycles. The summed E-state index contributed by atoms with van der Waals surface area (Å²) in [7, 11) is 0. The molecule has 0 saturated carbocycles. The van der Waals surface area contributed by atoms with Gasteiger partial charge in [-0.1, -0.05) is 6.08 Å². The van der Waals surface area contributed by atoms with E-state index in [0.717, 1.165) is 12.2 Å². The number of hydrogen-bond acceptors (Lipinski definition) is 2. The quantitative estimate of drug-likeness (QED) is 0.465. The molecule has 0 aromatic carbocycles. The summed E-state index contributed by atoms with van der Waals surface area (Å²) in [6, 6.07) is 0. The highest BCUT2D eigenvalue weighted by atomic mass is 16.3. The Kier molecular flexibility index (Phi) is 4.46.